The van der Waals surface area contributed by atoms with E-state index in [2.05, 4.69) is 23.8 Å². The van der Waals surface area contributed by atoms with Crippen LogP contribution in [-0.4, -0.2) is 50.2 Å². The van der Waals surface area contributed by atoms with Crippen LogP contribution in [0.4, 0.5) is 0 Å². The summed E-state index contributed by atoms with van der Waals surface area (Å²) in [5.74, 6) is 0. The normalized spacial score (nSPS) is 24.9. The Morgan fingerprint density at radius 3 is 2.89 bits per heavy atom. The number of aliphatic hydroxyl groups is 2. The van der Waals surface area contributed by atoms with Crippen molar-refractivity contribution in [1.29, 1.82) is 0 Å². The lowest BCUT2D eigenvalue weighted by Gasteiger charge is -2.20. The van der Waals surface area contributed by atoms with E-state index in [0.717, 1.165) is 26.1 Å². The summed E-state index contributed by atoms with van der Waals surface area (Å²) in [5, 5.41) is 23.5. The van der Waals surface area contributed by atoms with Crippen LogP contribution in [-0.2, 0) is 13.1 Å². The largest absolute Gasteiger partial charge is 0.393 e. The van der Waals surface area contributed by atoms with Crippen LogP contribution < -0.4 is 0 Å². The van der Waals surface area contributed by atoms with Gasteiger partial charge in [0.05, 0.1) is 12.8 Å². The molecule has 1 aromatic heterocycles. The molecule has 1 aliphatic rings. The van der Waals surface area contributed by atoms with Crippen molar-refractivity contribution < 1.29 is 10.2 Å². The maximum atomic E-state index is 9.99. The molecule has 0 aromatic carbocycles. The summed E-state index contributed by atoms with van der Waals surface area (Å²) in [6.45, 7) is 7.20. The second-order valence-corrected chi connectivity index (χ2v) is 5.32. The van der Waals surface area contributed by atoms with E-state index < -0.39 is 5.60 Å². The van der Waals surface area contributed by atoms with Crippen molar-refractivity contribution in [3.63, 3.8) is 0 Å². The Balaban J connectivity index is 1.98. The SMILES string of the molecule is CCCn1ncc(CN2CC[C@@](O)(CO)C2)c1C. The number of nitrogens with zero attached hydrogens (tertiary/aromatic N) is 3. The minimum Gasteiger partial charge on any atom is -0.393 e. The summed E-state index contributed by atoms with van der Waals surface area (Å²) < 4.78 is 2.03. The lowest BCUT2D eigenvalue weighted by Crippen LogP contribution is -2.36. The number of aromatic nitrogens is 2. The van der Waals surface area contributed by atoms with Gasteiger partial charge in [-0.05, 0) is 19.8 Å². The number of hydrogen-bond donors (Lipinski definition) is 2. The van der Waals surface area contributed by atoms with E-state index in [1.807, 2.05) is 10.9 Å². The van der Waals surface area contributed by atoms with E-state index in [9.17, 15) is 5.11 Å². The smallest absolute Gasteiger partial charge is 0.102 e. The van der Waals surface area contributed by atoms with Crippen LogP contribution in [0.25, 0.3) is 0 Å². The molecule has 0 amide bonds. The van der Waals surface area contributed by atoms with Gasteiger partial charge in [0.25, 0.3) is 0 Å². The van der Waals surface area contributed by atoms with Gasteiger partial charge >= 0.3 is 0 Å². The van der Waals surface area contributed by atoms with Gasteiger partial charge < -0.3 is 10.2 Å². The summed E-state index contributed by atoms with van der Waals surface area (Å²) in [7, 11) is 0. The fourth-order valence-electron chi connectivity index (χ4n) is 2.52. The third-order valence-electron chi connectivity index (χ3n) is 3.74. The molecule has 0 unspecified atom stereocenters. The molecule has 2 N–H and O–H groups in total. The maximum Gasteiger partial charge on any atom is 0.102 e. The molecule has 5 heteroatoms. The summed E-state index contributed by atoms with van der Waals surface area (Å²) in [6, 6.07) is 0. The van der Waals surface area contributed by atoms with Gasteiger partial charge in [-0.2, -0.15) is 5.10 Å². The van der Waals surface area contributed by atoms with Crippen LogP contribution in [0.3, 0.4) is 0 Å². The van der Waals surface area contributed by atoms with E-state index in [-0.39, 0.29) is 6.61 Å². The molecule has 0 spiro atoms. The minimum atomic E-state index is -0.909. The first-order valence-corrected chi connectivity index (χ1v) is 6.65. The van der Waals surface area contributed by atoms with Gasteiger partial charge in [-0.3, -0.25) is 9.58 Å². The molecule has 2 heterocycles. The second kappa shape index (κ2) is 5.38. The van der Waals surface area contributed by atoms with Crippen molar-refractivity contribution in [3.05, 3.63) is 17.5 Å². The van der Waals surface area contributed by atoms with Gasteiger partial charge in [0.2, 0.25) is 0 Å². The predicted octanol–water partition coefficient (Wildman–Crippen LogP) is 0.531. The van der Waals surface area contributed by atoms with E-state index in [0.29, 0.717) is 13.0 Å². The molecule has 1 atom stereocenters. The Morgan fingerprint density at radius 1 is 1.50 bits per heavy atom. The van der Waals surface area contributed by atoms with Crippen molar-refractivity contribution in [2.75, 3.05) is 19.7 Å². The lowest BCUT2D eigenvalue weighted by molar-refractivity contribution is -0.00581. The van der Waals surface area contributed by atoms with E-state index in [1.165, 1.54) is 11.3 Å². The van der Waals surface area contributed by atoms with Gasteiger partial charge in [-0.1, -0.05) is 6.92 Å². The van der Waals surface area contributed by atoms with Gasteiger partial charge in [0.15, 0.2) is 0 Å². The van der Waals surface area contributed by atoms with Gasteiger partial charge in [0.1, 0.15) is 5.60 Å². The molecular weight excluding hydrogens is 230 g/mol. The van der Waals surface area contributed by atoms with Crippen molar-refractivity contribution >= 4 is 0 Å². The number of aryl methyl sites for hydroxylation is 1. The first kappa shape index (κ1) is 13.5. The third-order valence-corrected chi connectivity index (χ3v) is 3.74. The summed E-state index contributed by atoms with van der Waals surface area (Å²) in [5.41, 5.74) is 1.51. The van der Waals surface area contributed by atoms with Crippen molar-refractivity contribution in [2.24, 2.45) is 0 Å². The molecule has 5 nitrogen and oxygen atoms in total. The van der Waals surface area contributed by atoms with Crippen LogP contribution in [0.5, 0.6) is 0 Å². The first-order valence-electron chi connectivity index (χ1n) is 6.65. The molecule has 102 valence electrons. The molecule has 1 fully saturated rings. The summed E-state index contributed by atoms with van der Waals surface area (Å²) >= 11 is 0. The number of rotatable bonds is 5. The maximum absolute atomic E-state index is 9.99. The second-order valence-electron chi connectivity index (χ2n) is 5.32. The Kier molecular flexibility index (Phi) is 4.04. The van der Waals surface area contributed by atoms with Crippen LogP contribution in [0.1, 0.15) is 31.0 Å². The van der Waals surface area contributed by atoms with E-state index in [4.69, 9.17) is 5.11 Å². The van der Waals surface area contributed by atoms with E-state index >= 15 is 0 Å². The number of aliphatic hydroxyl groups excluding tert-OH is 1. The summed E-state index contributed by atoms with van der Waals surface area (Å²) in [6.07, 6.45) is 3.64. The fraction of sp³-hybridized carbons (Fsp3) is 0.769. The molecule has 1 saturated heterocycles. The Labute approximate surface area is 108 Å². The molecular formula is C13H23N3O2. The number of likely N-dealkylation sites (tertiary alicyclic amines) is 1. The highest BCUT2D eigenvalue weighted by Crippen LogP contribution is 2.23. The van der Waals surface area contributed by atoms with Crippen LogP contribution in [0, 0.1) is 6.92 Å². The summed E-state index contributed by atoms with van der Waals surface area (Å²) in [4.78, 5) is 2.18. The molecule has 2 rings (SSSR count). The van der Waals surface area contributed by atoms with E-state index in [1.54, 1.807) is 0 Å². The zero-order chi connectivity index (χ0) is 13.2. The predicted molar refractivity (Wildman–Crippen MR) is 69.2 cm³/mol. The highest BCUT2D eigenvalue weighted by molar-refractivity contribution is 5.16. The molecule has 0 bridgehead atoms. The van der Waals surface area contributed by atoms with Crippen molar-refractivity contribution in [1.82, 2.24) is 14.7 Å². The zero-order valence-electron chi connectivity index (χ0n) is 11.3. The average Bonchev–Trinajstić information content (AvgIpc) is 2.89. The van der Waals surface area contributed by atoms with Crippen molar-refractivity contribution in [3.8, 4) is 0 Å². The van der Waals surface area contributed by atoms with Crippen LogP contribution >= 0.6 is 0 Å². The fourth-order valence-corrected chi connectivity index (χ4v) is 2.52. The molecule has 0 saturated carbocycles. The lowest BCUT2D eigenvalue weighted by atomic mass is 10.1. The third kappa shape index (κ3) is 2.74. The molecule has 18 heavy (non-hydrogen) atoms. The van der Waals surface area contributed by atoms with Gasteiger partial charge in [-0.25, -0.2) is 0 Å². The Hall–Kier alpha value is -0.910. The molecule has 0 radical (unpaired) electrons. The molecule has 1 aromatic rings. The number of β-amino-alcohol motifs (C(OH)–C–C–N with tert-alkyl or cyclic N) is 1. The minimum absolute atomic E-state index is 0.155. The molecule has 1 aliphatic heterocycles. The highest BCUT2D eigenvalue weighted by atomic mass is 16.3. The van der Waals surface area contributed by atoms with Crippen LogP contribution in [0.2, 0.25) is 0 Å². The van der Waals surface area contributed by atoms with Crippen LogP contribution in [0.15, 0.2) is 6.20 Å². The average molecular weight is 253 g/mol. The van der Waals surface area contributed by atoms with Gasteiger partial charge in [0, 0.05) is 37.4 Å². The van der Waals surface area contributed by atoms with Gasteiger partial charge in [-0.15, -0.1) is 0 Å². The Morgan fingerprint density at radius 2 is 2.28 bits per heavy atom. The first-order chi connectivity index (χ1) is 8.58. The monoisotopic (exact) mass is 253 g/mol. The van der Waals surface area contributed by atoms with Crippen molar-refractivity contribution in [2.45, 2.75) is 45.4 Å². The standard InChI is InChI=1S/C13H23N3O2/c1-3-5-16-11(2)12(7-14-16)8-15-6-4-13(18,9-15)10-17/h7,17-18H,3-6,8-10H2,1-2H3/t13-/m0/s1. The highest BCUT2D eigenvalue weighted by Gasteiger charge is 2.35. The Bertz CT molecular complexity index is 405. The quantitative estimate of drug-likeness (QED) is 0.803. The topological polar surface area (TPSA) is 61.5 Å². The zero-order valence-corrected chi connectivity index (χ0v) is 11.3. The molecule has 0 aliphatic carbocycles. The number of hydrogen-bond acceptors (Lipinski definition) is 4.